The number of carbonyl (C=O) groups is 1. The average molecular weight is 363 g/mol. The minimum Gasteiger partial charge on any atom is -0.341 e. The van der Waals surface area contributed by atoms with E-state index in [9.17, 15) is 4.79 Å². The van der Waals surface area contributed by atoms with Crippen molar-refractivity contribution in [3.63, 3.8) is 0 Å². The normalized spacial score (nSPS) is 12.6. The highest BCUT2D eigenvalue weighted by Crippen LogP contribution is 2.25. The number of carbonyl (C=O) groups excluding carboxylic acids is 1. The smallest absolute Gasteiger partial charge is 0.252 e. The first-order chi connectivity index (χ1) is 12.8. The maximum atomic E-state index is 12.5. The van der Waals surface area contributed by atoms with Gasteiger partial charge in [-0.25, -0.2) is 0 Å². The van der Waals surface area contributed by atoms with Gasteiger partial charge in [-0.15, -0.1) is 0 Å². The molecule has 0 saturated carbocycles. The van der Waals surface area contributed by atoms with Gasteiger partial charge in [0, 0.05) is 11.1 Å². The number of nitrogens with zero attached hydrogens (tertiary/aromatic N) is 2. The van der Waals surface area contributed by atoms with Gasteiger partial charge in [0.05, 0.1) is 0 Å². The number of nitrogens with one attached hydrogen (secondary N) is 1. The zero-order chi connectivity index (χ0) is 19.6. The van der Waals surface area contributed by atoms with E-state index in [1.807, 2.05) is 44.2 Å². The zero-order valence-electron chi connectivity index (χ0n) is 16.4. The summed E-state index contributed by atoms with van der Waals surface area (Å²) in [7, 11) is 0. The third-order valence-electron chi connectivity index (χ3n) is 4.56. The van der Waals surface area contributed by atoms with E-state index in [2.05, 4.69) is 48.4 Å². The van der Waals surface area contributed by atoms with Crippen LogP contribution in [0.2, 0.25) is 0 Å². The van der Waals surface area contributed by atoms with Gasteiger partial charge in [0.2, 0.25) is 11.7 Å². The molecule has 1 atom stereocenters. The molecule has 3 aromatic rings. The Labute approximate surface area is 159 Å². The van der Waals surface area contributed by atoms with E-state index in [0.717, 1.165) is 11.1 Å². The number of hydrogen-bond donors (Lipinski definition) is 1. The van der Waals surface area contributed by atoms with Gasteiger partial charge in [-0.3, -0.25) is 4.79 Å². The maximum Gasteiger partial charge on any atom is 0.252 e. The van der Waals surface area contributed by atoms with Crippen LogP contribution in [0.4, 0.5) is 0 Å². The van der Waals surface area contributed by atoms with Crippen molar-refractivity contribution in [2.45, 2.75) is 46.1 Å². The van der Waals surface area contributed by atoms with Crippen LogP contribution < -0.4 is 5.32 Å². The molecule has 0 bridgehead atoms. The molecule has 0 unspecified atom stereocenters. The maximum absolute atomic E-state index is 12.5. The molecule has 0 radical (unpaired) electrons. The monoisotopic (exact) mass is 363 g/mol. The van der Waals surface area contributed by atoms with Crippen LogP contribution in [0, 0.1) is 6.92 Å². The molecule has 1 amide bonds. The molecule has 0 aliphatic rings. The van der Waals surface area contributed by atoms with Crippen molar-refractivity contribution >= 4 is 5.91 Å². The van der Waals surface area contributed by atoms with Crippen LogP contribution in [0.15, 0.2) is 53.1 Å². The lowest BCUT2D eigenvalue weighted by atomic mass is 9.87. The molecule has 0 spiro atoms. The molecule has 0 saturated heterocycles. The number of aryl methyl sites for hydroxylation is 1. The van der Waals surface area contributed by atoms with Crippen LogP contribution in [0.25, 0.3) is 11.4 Å². The van der Waals surface area contributed by atoms with Gasteiger partial charge >= 0.3 is 0 Å². The summed E-state index contributed by atoms with van der Waals surface area (Å²) in [5.41, 5.74) is 3.79. The minimum absolute atomic E-state index is 0.0926. The van der Waals surface area contributed by atoms with E-state index in [1.165, 1.54) is 5.56 Å². The fraction of sp³-hybridized carbons (Fsp3) is 0.318. The first-order valence-corrected chi connectivity index (χ1v) is 9.07. The van der Waals surface area contributed by atoms with E-state index < -0.39 is 0 Å². The molecule has 0 aliphatic carbocycles. The molecule has 140 valence electrons. The molecule has 27 heavy (non-hydrogen) atoms. The summed E-state index contributed by atoms with van der Waals surface area (Å²) in [5.74, 6) is 0.740. The molecule has 0 fully saturated rings. The Morgan fingerprint density at radius 2 is 1.74 bits per heavy atom. The Hall–Kier alpha value is -2.95. The first-order valence-electron chi connectivity index (χ1n) is 9.07. The van der Waals surface area contributed by atoms with Crippen LogP contribution in [0.1, 0.15) is 61.1 Å². The summed E-state index contributed by atoms with van der Waals surface area (Å²) in [4.78, 5) is 16.9. The summed E-state index contributed by atoms with van der Waals surface area (Å²) >= 11 is 0. The van der Waals surface area contributed by atoms with Crippen LogP contribution in [-0.2, 0) is 5.41 Å². The van der Waals surface area contributed by atoms with Crippen molar-refractivity contribution in [3.8, 4) is 11.4 Å². The SMILES string of the molecule is Cc1ccccc1C(=O)N[C@@H](C)c1nc(-c2ccc(C(C)(C)C)cc2)no1. The predicted molar refractivity (Wildman–Crippen MR) is 105 cm³/mol. The van der Waals surface area contributed by atoms with Crippen molar-refractivity contribution in [1.29, 1.82) is 0 Å². The first kappa shape index (κ1) is 18.8. The number of hydrogen-bond acceptors (Lipinski definition) is 4. The number of benzene rings is 2. The Bertz CT molecular complexity index is 937. The molecule has 5 nitrogen and oxygen atoms in total. The third kappa shape index (κ3) is 4.25. The fourth-order valence-corrected chi connectivity index (χ4v) is 2.81. The number of amides is 1. The van der Waals surface area contributed by atoms with Crippen LogP contribution in [0.5, 0.6) is 0 Å². The minimum atomic E-state index is -0.382. The highest BCUT2D eigenvalue weighted by molar-refractivity contribution is 5.95. The zero-order valence-corrected chi connectivity index (χ0v) is 16.4. The molecular formula is C22H25N3O2. The molecule has 1 aromatic heterocycles. The quantitative estimate of drug-likeness (QED) is 0.720. The standard InChI is InChI=1S/C22H25N3O2/c1-14-8-6-7-9-18(14)20(26)23-15(2)21-24-19(25-27-21)16-10-12-17(13-11-16)22(3,4)5/h6-13,15H,1-5H3,(H,23,26)/t15-/m0/s1. The summed E-state index contributed by atoms with van der Waals surface area (Å²) in [5, 5.41) is 6.97. The van der Waals surface area contributed by atoms with Crippen LogP contribution in [0.3, 0.4) is 0 Å². The molecule has 1 heterocycles. The Kier molecular flexibility index (Phi) is 5.13. The summed E-state index contributed by atoms with van der Waals surface area (Å²) < 4.78 is 5.37. The van der Waals surface area contributed by atoms with Crippen molar-refractivity contribution in [1.82, 2.24) is 15.5 Å². The fourth-order valence-electron chi connectivity index (χ4n) is 2.81. The molecule has 0 aliphatic heterocycles. The Morgan fingerprint density at radius 3 is 2.37 bits per heavy atom. The summed E-state index contributed by atoms with van der Waals surface area (Å²) in [6.07, 6.45) is 0. The highest BCUT2D eigenvalue weighted by atomic mass is 16.5. The second kappa shape index (κ2) is 7.35. The van der Waals surface area contributed by atoms with Gasteiger partial charge in [0.25, 0.3) is 5.91 Å². The van der Waals surface area contributed by atoms with Crippen LogP contribution in [-0.4, -0.2) is 16.0 Å². The van der Waals surface area contributed by atoms with Gasteiger partial charge < -0.3 is 9.84 Å². The number of aromatic nitrogens is 2. The van der Waals surface area contributed by atoms with E-state index in [1.54, 1.807) is 6.07 Å². The largest absolute Gasteiger partial charge is 0.341 e. The Morgan fingerprint density at radius 1 is 1.07 bits per heavy atom. The van der Waals surface area contributed by atoms with E-state index in [-0.39, 0.29) is 17.4 Å². The number of rotatable bonds is 4. The van der Waals surface area contributed by atoms with Gasteiger partial charge in [-0.05, 0) is 36.5 Å². The Balaban J connectivity index is 1.73. The molecule has 1 N–H and O–H groups in total. The lowest BCUT2D eigenvalue weighted by Crippen LogP contribution is -2.27. The molecule has 3 rings (SSSR count). The van der Waals surface area contributed by atoms with Gasteiger partial charge in [0.15, 0.2) is 0 Å². The topological polar surface area (TPSA) is 68.0 Å². The summed E-state index contributed by atoms with van der Waals surface area (Å²) in [6, 6.07) is 15.2. The second-order valence-electron chi connectivity index (χ2n) is 7.79. The lowest BCUT2D eigenvalue weighted by molar-refractivity contribution is 0.0932. The van der Waals surface area contributed by atoms with E-state index in [4.69, 9.17) is 4.52 Å². The van der Waals surface area contributed by atoms with Crippen molar-refractivity contribution in [2.24, 2.45) is 0 Å². The van der Waals surface area contributed by atoms with Crippen molar-refractivity contribution in [2.75, 3.05) is 0 Å². The van der Waals surface area contributed by atoms with Crippen molar-refractivity contribution in [3.05, 3.63) is 71.1 Å². The van der Waals surface area contributed by atoms with E-state index in [0.29, 0.717) is 17.3 Å². The lowest BCUT2D eigenvalue weighted by Gasteiger charge is -2.18. The van der Waals surface area contributed by atoms with Gasteiger partial charge in [0.1, 0.15) is 6.04 Å². The third-order valence-corrected chi connectivity index (χ3v) is 4.56. The molecular weight excluding hydrogens is 338 g/mol. The average Bonchev–Trinajstić information content (AvgIpc) is 3.11. The molecule has 5 heteroatoms. The predicted octanol–water partition coefficient (Wildman–Crippen LogP) is 4.83. The highest BCUT2D eigenvalue weighted by Gasteiger charge is 2.19. The summed E-state index contributed by atoms with van der Waals surface area (Å²) in [6.45, 7) is 10.3. The molecule has 2 aromatic carbocycles. The van der Waals surface area contributed by atoms with E-state index >= 15 is 0 Å². The van der Waals surface area contributed by atoms with Crippen molar-refractivity contribution < 1.29 is 9.32 Å². The second-order valence-corrected chi connectivity index (χ2v) is 7.79. The van der Waals surface area contributed by atoms with Crippen LogP contribution >= 0.6 is 0 Å². The van der Waals surface area contributed by atoms with Gasteiger partial charge in [-0.2, -0.15) is 4.98 Å². The van der Waals surface area contributed by atoms with Gasteiger partial charge in [-0.1, -0.05) is 68.4 Å².